The standard InChI is InChI=1S/C26H28FN5O2/c1-26(2)15-34-23-19(26)13-16(14-20(23)27)21-10-11-29-25(31-21)30-17-6-8-18(9-7-17)32-12-4-5-22(28-3)24(32)33/h6-11,13-14,22,28H,4-5,12,15H2,1-3H3,(H,29,30,31). The molecule has 8 heteroatoms. The smallest absolute Gasteiger partial charge is 0.244 e. The first kappa shape index (κ1) is 22.3. The van der Waals surface area contributed by atoms with Gasteiger partial charge < -0.3 is 20.3 Å². The SMILES string of the molecule is CNC1CCCN(c2ccc(Nc3nccc(-c4cc(F)c5c(c4)C(C)(C)CO5)n3)cc2)C1=O. The Kier molecular flexibility index (Phi) is 5.69. The summed E-state index contributed by atoms with van der Waals surface area (Å²) in [4.78, 5) is 23.4. The molecule has 0 bridgehead atoms. The molecular formula is C26H28FN5O2. The third kappa shape index (κ3) is 4.09. The average Bonchev–Trinajstić information content (AvgIpc) is 3.15. The summed E-state index contributed by atoms with van der Waals surface area (Å²) in [6, 6.07) is 12.7. The number of ether oxygens (including phenoxy) is 1. The number of amides is 1. The molecule has 34 heavy (non-hydrogen) atoms. The normalized spacial score (nSPS) is 19.0. The van der Waals surface area contributed by atoms with Crippen LogP contribution in [0.2, 0.25) is 0 Å². The number of carbonyl (C=O) groups excluding carboxylic acids is 1. The van der Waals surface area contributed by atoms with E-state index in [1.807, 2.05) is 56.1 Å². The predicted molar refractivity (Wildman–Crippen MR) is 130 cm³/mol. The molecule has 1 fully saturated rings. The van der Waals surface area contributed by atoms with Gasteiger partial charge in [-0.05, 0) is 62.4 Å². The summed E-state index contributed by atoms with van der Waals surface area (Å²) in [5.41, 5.74) is 3.55. The predicted octanol–water partition coefficient (Wildman–Crippen LogP) is 4.41. The minimum Gasteiger partial charge on any atom is -0.489 e. The lowest BCUT2D eigenvalue weighted by Crippen LogP contribution is -2.49. The first-order chi connectivity index (χ1) is 16.4. The molecule has 2 N–H and O–H groups in total. The number of anilines is 3. The Labute approximate surface area is 198 Å². The number of halogens is 1. The quantitative estimate of drug-likeness (QED) is 0.586. The van der Waals surface area contributed by atoms with Crippen molar-refractivity contribution in [1.82, 2.24) is 15.3 Å². The zero-order valence-corrected chi connectivity index (χ0v) is 19.6. The lowest BCUT2D eigenvalue weighted by atomic mass is 9.86. The van der Waals surface area contributed by atoms with Gasteiger partial charge in [0.05, 0.1) is 18.3 Å². The third-order valence-electron chi connectivity index (χ3n) is 6.52. The Morgan fingerprint density at radius 3 is 2.74 bits per heavy atom. The van der Waals surface area contributed by atoms with Gasteiger partial charge >= 0.3 is 0 Å². The summed E-state index contributed by atoms with van der Waals surface area (Å²) >= 11 is 0. The molecule has 3 heterocycles. The van der Waals surface area contributed by atoms with Crippen LogP contribution in [0, 0.1) is 5.82 Å². The van der Waals surface area contributed by atoms with Crippen molar-refractivity contribution in [2.24, 2.45) is 0 Å². The van der Waals surface area contributed by atoms with E-state index in [1.54, 1.807) is 12.3 Å². The number of carbonyl (C=O) groups is 1. The third-order valence-corrected chi connectivity index (χ3v) is 6.52. The number of fused-ring (bicyclic) bond motifs is 1. The molecule has 2 aliphatic heterocycles. The highest BCUT2D eigenvalue weighted by molar-refractivity contribution is 5.98. The Hall–Kier alpha value is -3.52. The second-order valence-corrected chi connectivity index (χ2v) is 9.42. The van der Waals surface area contributed by atoms with Gasteiger partial charge in [-0.3, -0.25) is 4.79 Å². The van der Waals surface area contributed by atoms with Crippen LogP contribution in [0.3, 0.4) is 0 Å². The van der Waals surface area contributed by atoms with Gasteiger partial charge in [0, 0.05) is 40.7 Å². The van der Waals surface area contributed by atoms with E-state index < -0.39 is 0 Å². The van der Waals surface area contributed by atoms with E-state index in [-0.39, 0.29) is 23.2 Å². The van der Waals surface area contributed by atoms with Crippen molar-refractivity contribution in [3.8, 4) is 17.0 Å². The molecule has 1 aromatic heterocycles. The molecule has 1 atom stereocenters. The number of hydrogen-bond donors (Lipinski definition) is 2. The lowest BCUT2D eigenvalue weighted by Gasteiger charge is -2.32. The van der Waals surface area contributed by atoms with Gasteiger partial charge in [0.25, 0.3) is 0 Å². The zero-order valence-electron chi connectivity index (χ0n) is 19.6. The summed E-state index contributed by atoms with van der Waals surface area (Å²) in [6.45, 7) is 5.24. The fourth-order valence-electron chi connectivity index (χ4n) is 4.55. The van der Waals surface area contributed by atoms with Gasteiger partial charge in [-0.15, -0.1) is 0 Å². The number of likely N-dealkylation sites (N-methyl/N-ethyl adjacent to an activating group) is 1. The molecule has 5 rings (SSSR count). The van der Waals surface area contributed by atoms with Gasteiger partial charge in [-0.25, -0.2) is 14.4 Å². The first-order valence-electron chi connectivity index (χ1n) is 11.5. The number of benzene rings is 2. The highest BCUT2D eigenvalue weighted by atomic mass is 19.1. The van der Waals surface area contributed by atoms with Crippen LogP contribution in [-0.4, -0.2) is 42.1 Å². The molecule has 1 unspecified atom stereocenters. The zero-order chi connectivity index (χ0) is 23.9. The van der Waals surface area contributed by atoms with E-state index in [4.69, 9.17) is 4.74 Å². The van der Waals surface area contributed by atoms with Crippen LogP contribution in [0.5, 0.6) is 5.75 Å². The Balaban J connectivity index is 1.35. The van der Waals surface area contributed by atoms with Crippen LogP contribution < -0.4 is 20.3 Å². The van der Waals surface area contributed by atoms with Crippen LogP contribution in [0.4, 0.5) is 21.7 Å². The maximum absolute atomic E-state index is 14.7. The van der Waals surface area contributed by atoms with E-state index in [9.17, 15) is 9.18 Å². The Morgan fingerprint density at radius 2 is 1.97 bits per heavy atom. The maximum atomic E-state index is 14.7. The van der Waals surface area contributed by atoms with Crippen molar-refractivity contribution in [2.75, 3.05) is 30.4 Å². The van der Waals surface area contributed by atoms with E-state index in [0.29, 0.717) is 36.1 Å². The van der Waals surface area contributed by atoms with Crippen molar-refractivity contribution in [3.05, 3.63) is 60.0 Å². The van der Waals surface area contributed by atoms with Crippen LogP contribution in [-0.2, 0) is 10.2 Å². The Bertz CT molecular complexity index is 1230. The molecule has 3 aromatic rings. The minimum atomic E-state index is -0.380. The van der Waals surface area contributed by atoms with Crippen molar-refractivity contribution in [2.45, 2.75) is 38.1 Å². The van der Waals surface area contributed by atoms with Crippen molar-refractivity contribution in [1.29, 1.82) is 0 Å². The minimum absolute atomic E-state index is 0.0978. The second kappa shape index (κ2) is 8.68. The summed E-state index contributed by atoms with van der Waals surface area (Å²) in [5.74, 6) is 0.454. The number of aromatic nitrogens is 2. The molecule has 0 radical (unpaired) electrons. The van der Waals surface area contributed by atoms with Crippen LogP contribution in [0.1, 0.15) is 32.3 Å². The number of piperidine rings is 1. The summed E-state index contributed by atoms with van der Waals surface area (Å²) in [6.07, 6.45) is 3.47. The highest BCUT2D eigenvalue weighted by Crippen LogP contribution is 2.42. The number of rotatable bonds is 5. The molecule has 0 aliphatic carbocycles. The average molecular weight is 462 g/mol. The molecule has 7 nitrogen and oxygen atoms in total. The van der Waals surface area contributed by atoms with E-state index in [0.717, 1.165) is 29.8 Å². The highest BCUT2D eigenvalue weighted by Gasteiger charge is 2.34. The largest absolute Gasteiger partial charge is 0.489 e. The van der Waals surface area contributed by atoms with E-state index in [1.165, 1.54) is 6.07 Å². The molecular weight excluding hydrogens is 433 g/mol. The van der Waals surface area contributed by atoms with Gasteiger partial charge in [0.2, 0.25) is 11.9 Å². The number of hydrogen-bond acceptors (Lipinski definition) is 6. The molecule has 2 aromatic carbocycles. The summed E-state index contributed by atoms with van der Waals surface area (Å²) in [5, 5.41) is 6.29. The van der Waals surface area contributed by atoms with E-state index >= 15 is 0 Å². The van der Waals surface area contributed by atoms with Crippen molar-refractivity contribution < 1.29 is 13.9 Å². The number of nitrogens with one attached hydrogen (secondary N) is 2. The molecule has 2 aliphatic rings. The number of nitrogens with zero attached hydrogens (tertiary/aromatic N) is 3. The van der Waals surface area contributed by atoms with E-state index in [2.05, 4.69) is 20.6 Å². The van der Waals surface area contributed by atoms with Gasteiger partial charge in [0.1, 0.15) is 0 Å². The molecule has 1 amide bonds. The van der Waals surface area contributed by atoms with Gasteiger partial charge in [-0.2, -0.15) is 0 Å². The van der Waals surface area contributed by atoms with Crippen LogP contribution in [0.25, 0.3) is 11.3 Å². The first-order valence-corrected chi connectivity index (χ1v) is 11.5. The topological polar surface area (TPSA) is 79.4 Å². The summed E-state index contributed by atoms with van der Waals surface area (Å²) < 4.78 is 20.2. The van der Waals surface area contributed by atoms with Crippen LogP contribution in [0.15, 0.2) is 48.7 Å². The molecule has 176 valence electrons. The van der Waals surface area contributed by atoms with Gasteiger partial charge in [0.15, 0.2) is 11.6 Å². The van der Waals surface area contributed by atoms with Gasteiger partial charge in [-0.1, -0.05) is 13.8 Å². The van der Waals surface area contributed by atoms with Crippen LogP contribution >= 0.6 is 0 Å². The maximum Gasteiger partial charge on any atom is 0.244 e. The second-order valence-electron chi connectivity index (χ2n) is 9.42. The van der Waals surface area contributed by atoms with Crippen molar-refractivity contribution in [3.63, 3.8) is 0 Å². The fourth-order valence-corrected chi connectivity index (χ4v) is 4.55. The monoisotopic (exact) mass is 461 g/mol. The lowest BCUT2D eigenvalue weighted by molar-refractivity contribution is -0.121. The molecule has 0 saturated carbocycles. The Morgan fingerprint density at radius 1 is 1.18 bits per heavy atom. The summed E-state index contributed by atoms with van der Waals surface area (Å²) in [7, 11) is 1.82. The molecule has 0 spiro atoms. The van der Waals surface area contributed by atoms with Crippen molar-refractivity contribution >= 4 is 23.2 Å². The fraction of sp³-hybridized carbons (Fsp3) is 0.346. The molecule has 1 saturated heterocycles.